The van der Waals surface area contributed by atoms with Crippen LogP contribution in [0.1, 0.15) is 97.8 Å². The highest BCUT2D eigenvalue weighted by Crippen LogP contribution is 2.65. The Kier molecular flexibility index (Phi) is 6.79. The van der Waals surface area contributed by atoms with Crippen molar-refractivity contribution in [2.45, 2.75) is 115 Å². The Morgan fingerprint density at radius 2 is 1.82 bits per heavy atom. The predicted octanol–water partition coefficient (Wildman–Crippen LogP) is 7.34. The van der Waals surface area contributed by atoms with Crippen LogP contribution in [0, 0.1) is 40.9 Å². The third-order valence-electron chi connectivity index (χ3n) is 10.6. The maximum absolute atomic E-state index is 13.6. The summed E-state index contributed by atoms with van der Waals surface area (Å²) >= 11 is 0. The van der Waals surface area contributed by atoms with Crippen molar-refractivity contribution in [3.8, 4) is 0 Å². The van der Waals surface area contributed by atoms with Gasteiger partial charge >= 0.3 is 12.0 Å². The smallest absolute Gasteiger partial charge is 0.390 e. The lowest BCUT2D eigenvalue weighted by Crippen LogP contribution is -2.48. The van der Waals surface area contributed by atoms with E-state index in [1.165, 1.54) is 18.4 Å². The van der Waals surface area contributed by atoms with Crippen molar-refractivity contribution in [2.24, 2.45) is 40.9 Å². The van der Waals surface area contributed by atoms with Crippen molar-refractivity contribution in [1.29, 1.82) is 0 Å². The average Bonchev–Trinajstić information content (AvgIpc) is 3.09. The maximum Gasteiger partial charge on any atom is 0.448 e. The first-order valence-corrected chi connectivity index (χ1v) is 13.2. The summed E-state index contributed by atoms with van der Waals surface area (Å²) in [5.41, 5.74) is 1.16. The lowest BCUT2D eigenvalue weighted by Gasteiger charge is -2.55. The highest BCUT2D eigenvalue weighted by Gasteiger charge is 2.57. The lowest BCUT2D eigenvalue weighted by atomic mass is 9.50. The summed E-state index contributed by atoms with van der Waals surface area (Å²) in [5.74, 6) is -0.782. The monoisotopic (exact) mass is 474 g/mol. The van der Waals surface area contributed by atoms with Crippen LogP contribution in [0.5, 0.6) is 0 Å². The van der Waals surface area contributed by atoms with Crippen molar-refractivity contribution < 1.29 is 27.8 Å². The van der Waals surface area contributed by atoms with E-state index < -0.39 is 24.1 Å². The van der Waals surface area contributed by atoms with Crippen LogP contribution < -0.4 is 0 Å². The molecule has 0 saturated heterocycles. The Labute approximate surface area is 196 Å². The minimum Gasteiger partial charge on any atom is -0.390 e. The molecule has 33 heavy (non-hydrogen) atoms. The number of hydrogen-bond acceptors (Lipinski definition) is 2. The molecule has 9 atom stereocenters. The van der Waals surface area contributed by atoms with Crippen molar-refractivity contribution in [1.82, 2.24) is 0 Å². The molecule has 4 aliphatic carbocycles. The van der Waals surface area contributed by atoms with E-state index in [-0.39, 0.29) is 17.8 Å². The zero-order valence-electron chi connectivity index (χ0n) is 20.4. The quantitative estimate of drug-likeness (QED) is 0.312. The largest absolute Gasteiger partial charge is 0.448 e. The first-order valence-electron chi connectivity index (χ1n) is 13.2. The van der Waals surface area contributed by atoms with Crippen LogP contribution >= 0.6 is 0 Å². The van der Waals surface area contributed by atoms with Gasteiger partial charge in [-0.2, -0.15) is 13.2 Å². The number of aliphatic hydroxyl groups is 2. The standard InChI is InChI=1S/C27H42F4O2/c1-4-25(32)15-12-19-18(16-25)7-8-21-20(19)11-14-24(3)22(9-10-23(21)24)17(2)6-5-13-26(28,33)27(29,30)31/h7,17,19-23,32-33H,4-6,8-16H2,1-3H3/t17?,19-,20+,21+,22+,23-,24+,25-,26-/m0/s1. The van der Waals surface area contributed by atoms with E-state index in [4.69, 9.17) is 5.11 Å². The van der Waals surface area contributed by atoms with E-state index in [0.717, 1.165) is 44.9 Å². The van der Waals surface area contributed by atoms with E-state index >= 15 is 0 Å². The topological polar surface area (TPSA) is 40.5 Å². The number of alkyl halides is 4. The van der Waals surface area contributed by atoms with Crippen LogP contribution in [0.15, 0.2) is 11.6 Å². The van der Waals surface area contributed by atoms with Crippen LogP contribution in [0.4, 0.5) is 17.6 Å². The molecule has 2 nitrogen and oxygen atoms in total. The van der Waals surface area contributed by atoms with Gasteiger partial charge in [0.05, 0.1) is 5.60 Å². The average molecular weight is 475 g/mol. The maximum atomic E-state index is 13.6. The molecule has 2 N–H and O–H groups in total. The second-order valence-electron chi connectivity index (χ2n) is 12.2. The van der Waals surface area contributed by atoms with Crippen molar-refractivity contribution >= 4 is 0 Å². The molecule has 0 spiro atoms. The normalized spacial score (nSPS) is 43.7. The van der Waals surface area contributed by atoms with Gasteiger partial charge in [-0.3, -0.25) is 0 Å². The fourth-order valence-corrected chi connectivity index (χ4v) is 8.64. The van der Waals surface area contributed by atoms with Crippen LogP contribution in [0.2, 0.25) is 0 Å². The van der Waals surface area contributed by atoms with Crippen LogP contribution in [0.3, 0.4) is 0 Å². The molecule has 0 bridgehead atoms. The first-order chi connectivity index (χ1) is 15.3. The van der Waals surface area contributed by atoms with Crippen molar-refractivity contribution in [2.75, 3.05) is 0 Å². The number of allylic oxidation sites excluding steroid dienone is 1. The fraction of sp³-hybridized carbons (Fsp3) is 0.926. The van der Waals surface area contributed by atoms with Gasteiger partial charge in [-0.05, 0) is 105 Å². The minimum atomic E-state index is -5.22. The van der Waals surface area contributed by atoms with Gasteiger partial charge in [0.25, 0.3) is 0 Å². The molecule has 0 aliphatic heterocycles. The fourth-order valence-electron chi connectivity index (χ4n) is 8.64. The highest BCUT2D eigenvalue weighted by atomic mass is 19.4. The predicted molar refractivity (Wildman–Crippen MR) is 121 cm³/mol. The van der Waals surface area contributed by atoms with Crippen molar-refractivity contribution in [3.05, 3.63) is 11.6 Å². The van der Waals surface area contributed by atoms with E-state index in [0.29, 0.717) is 36.0 Å². The van der Waals surface area contributed by atoms with Crippen LogP contribution in [-0.2, 0) is 0 Å². The zero-order chi connectivity index (χ0) is 24.2. The molecule has 0 aromatic carbocycles. The molecule has 0 aromatic heterocycles. The number of rotatable bonds is 6. The molecule has 4 rings (SSSR count). The third kappa shape index (κ3) is 4.52. The summed E-state index contributed by atoms with van der Waals surface area (Å²) < 4.78 is 51.5. The Hall–Kier alpha value is -0.620. The van der Waals surface area contributed by atoms with E-state index in [1.54, 1.807) is 0 Å². The summed E-state index contributed by atoms with van der Waals surface area (Å²) in [7, 11) is 0. The molecule has 0 aromatic rings. The summed E-state index contributed by atoms with van der Waals surface area (Å²) in [5, 5.41) is 20.0. The summed E-state index contributed by atoms with van der Waals surface area (Å²) in [6.07, 6.45) is 6.27. The molecular formula is C27H42F4O2. The number of hydrogen-bond donors (Lipinski definition) is 2. The van der Waals surface area contributed by atoms with Gasteiger partial charge in [0, 0.05) is 6.42 Å². The number of fused-ring (bicyclic) bond motifs is 5. The van der Waals surface area contributed by atoms with Gasteiger partial charge in [0.2, 0.25) is 0 Å². The lowest BCUT2D eigenvalue weighted by molar-refractivity contribution is -0.317. The molecule has 0 radical (unpaired) electrons. The molecule has 3 fully saturated rings. The summed E-state index contributed by atoms with van der Waals surface area (Å²) in [4.78, 5) is 0. The van der Waals surface area contributed by atoms with Gasteiger partial charge in [-0.15, -0.1) is 0 Å². The Morgan fingerprint density at radius 3 is 2.48 bits per heavy atom. The van der Waals surface area contributed by atoms with E-state index in [2.05, 4.69) is 26.8 Å². The van der Waals surface area contributed by atoms with Crippen LogP contribution in [0.25, 0.3) is 0 Å². The van der Waals surface area contributed by atoms with Gasteiger partial charge in [-0.1, -0.05) is 38.8 Å². The molecule has 0 heterocycles. The van der Waals surface area contributed by atoms with E-state index in [1.807, 2.05) is 0 Å². The van der Waals surface area contributed by atoms with Crippen molar-refractivity contribution in [3.63, 3.8) is 0 Å². The second kappa shape index (κ2) is 8.80. The number of halogens is 4. The van der Waals surface area contributed by atoms with Gasteiger partial charge in [0.15, 0.2) is 0 Å². The molecule has 3 saturated carbocycles. The van der Waals surface area contributed by atoms with Gasteiger partial charge in [-0.25, -0.2) is 4.39 Å². The SMILES string of the molecule is CC[C@]1(O)CC[C@H]2C(=CC[C@@H]3[C@@H]2CC[C@]2(C)[C@@H](C(C)CCC[C@@](O)(F)C(F)(F)F)CC[C@@H]32)C1. The Bertz CT molecular complexity index is 747. The molecule has 6 heteroatoms. The second-order valence-corrected chi connectivity index (χ2v) is 12.2. The zero-order valence-corrected chi connectivity index (χ0v) is 20.4. The molecule has 4 aliphatic rings. The Balaban J connectivity index is 1.40. The summed E-state index contributed by atoms with van der Waals surface area (Å²) in [6, 6.07) is 0. The third-order valence-corrected chi connectivity index (χ3v) is 10.6. The molecular weight excluding hydrogens is 432 g/mol. The summed E-state index contributed by atoms with van der Waals surface area (Å²) in [6.45, 7) is 6.59. The Morgan fingerprint density at radius 1 is 1.09 bits per heavy atom. The van der Waals surface area contributed by atoms with E-state index in [9.17, 15) is 22.7 Å². The minimum absolute atomic E-state index is 0.0471. The van der Waals surface area contributed by atoms with Crippen LogP contribution in [-0.4, -0.2) is 27.8 Å². The molecule has 0 amide bonds. The highest BCUT2D eigenvalue weighted by molar-refractivity contribution is 5.22. The molecule has 190 valence electrons. The molecule has 1 unspecified atom stereocenters. The first kappa shape index (κ1) is 25.5. The van der Waals surface area contributed by atoms with Gasteiger partial charge < -0.3 is 10.2 Å². The van der Waals surface area contributed by atoms with Gasteiger partial charge in [0.1, 0.15) is 0 Å².